The Balaban J connectivity index is 1.15. The van der Waals surface area contributed by atoms with E-state index in [2.05, 4.69) is 55.3 Å². The zero-order chi connectivity index (χ0) is 36.5. The number of amides is 3. The van der Waals surface area contributed by atoms with E-state index in [1.165, 1.54) is 57.8 Å². The SMILES string of the molecule is CNC(CCCCNC(=O)CCC(C)(C)OCNNC(=O)C1CCC2(C)C(=CCC3C2CCC2(C)C(CCCCC(C)C)CCC32)C1)C(N)=O. The first-order valence-corrected chi connectivity index (χ1v) is 20.3. The van der Waals surface area contributed by atoms with E-state index in [0.717, 1.165) is 61.7 Å². The summed E-state index contributed by atoms with van der Waals surface area (Å²) in [6.07, 6.45) is 21.1. The summed E-state index contributed by atoms with van der Waals surface area (Å²) in [5.41, 5.74) is 13.1. The van der Waals surface area contributed by atoms with Crippen LogP contribution >= 0.6 is 0 Å². The van der Waals surface area contributed by atoms with Crippen molar-refractivity contribution in [3.63, 3.8) is 0 Å². The summed E-state index contributed by atoms with van der Waals surface area (Å²) in [5, 5.41) is 5.86. The molecular formula is C41H73N5O4. The summed E-state index contributed by atoms with van der Waals surface area (Å²) in [6, 6.07) is -0.328. The summed E-state index contributed by atoms with van der Waals surface area (Å²) < 4.78 is 6.00. The summed E-state index contributed by atoms with van der Waals surface area (Å²) in [4.78, 5) is 36.9. The molecule has 4 aliphatic carbocycles. The molecule has 9 heteroatoms. The van der Waals surface area contributed by atoms with Crippen molar-refractivity contribution in [2.45, 2.75) is 162 Å². The molecule has 0 spiro atoms. The number of carbonyl (C=O) groups is 3. The summed E-state index contributed by atoms with van der Waals surface area (Å²) in [5.74, 6) is 3.86. The molecular weight excluding hydrogens is 626 g/mol. The molecule has 3 saturated carbocycles. The average molecular weight is 700 g/mol. The molecule has 286 valence electrons. The highest BCUT2D eigenvalue weighted by molar-refractivity contribution is 5.80. The number of hydrogen-bond acceptors (Lipinski definition) is 6. The van der Waals surface area contributed by atoms with Gasteiger partial charge in [-0.15, -0.1) is 0 Å². The normalized spacial score (nSPS) is 31.3. The third kappa shape index (κ3) is 10.3. The van der Waals surface area contributed by atoms with Crippen LogP contribution < -0.4 is 27.2 Å². The van der Waals surface area contributed by atoms with Crippen molar-refractivity contribution in [1.82, 2.24) is 21.5 Å². The monoisotopic (exact) mass is 700 g/mol. The first kappa shape index (κ1) is 40.8. The van der Waals surface area contributed by atoms with Crippen LogP contribution in [0.1, 0.15) is 151 Å². The molecule has 8 atom stereocenters. The lowest BCUT2D eigenvalue weighted by Crippen LogP contribution is -2.51. The maximum Gasteiger partial charge on any atom is 0.237 e. The minimum Gasteiger partial charge on any atom is -0.368 e. The number of hydrogen-bond donors (Lipinski definition) is 5. The quantitative estimate of drug-likeness (QED) is 0.0406. The molecule has 0 saturated heterocycles. The van der Waals surface area contributed by atoms with E-state index in [-0.39, 0.29) is 41.8 Å². The summed E-state index contributed by atoms with van der Waals surface area (Å²) in [6.45, 7) is 14.6. The van der Waals surface area contributed by atoms with E-state index in [4.69, 9.17) is 10.5 Å². The number of primary amides is 1. The minimum absolute atomic E-state index is 0.00875. The molecule has 4 aliphatic rings. The largest absolute Gasteiger partial charge is 0.368 e. The lowest BCUT2D eigenvalue weighted by Gasteiger charge is -2.58. The number of nitrogens with one attached hydrogen (secondary N) is 4. The highest BCUT2D eigenvalue weighted by atomic mass is 16.5. The molecule has 4 rings (SSSR count). The molecule has 6 N–H and O–H groups in total. The van der Waals surface area contributed by atoms with Crippen LogP contribution in [0.3, 0.4) is 0 Å². The molecule has 3 fully saturated rings. The number of nitrogens with two attached hydrogens (primary N) is 1. The highest BCUT2D eigenvalue weighted by Gasteiger charge is 2.58. The van der Waals surface area contributed by atoms with E-state index in [0.29, 0.717) is 31.2 Å². The van der Waals surface area contributed by atoms with Gasteiger partial charge in [-0.1, -0.05) is 58.6 Å². The molecule has 0 bridgehead atoms. The van der Waals surface area contributed by atoms with Crippen molar-refractivity contribution >= 4 is 17.7 Å². The van der Waals surface area contributed by atoms with Crippen molar-refractivity contribution < 1.29 is 19.1 Å². The average Bonchev–Trinajstić information content (AvgIpc) is 3.41. The molecule has 0 heterocycles. The fraction of sp³-hybridized carbons (Fsp3) is 0.878. The predicted octanol–water partition coefficient (Wildman–Crippen LogP) is 6.91. The molecule has 0 aromatic heterocycles. The van der Waals surface area contributed by atoms with E-state index < -0.39 is 5.60 Å². The van der Waals surface area contributed by atoms with Crippen LogP contribution in [0.25, 0.3) is 0 Å². The van der Waals surface area contributed by atoms with Crippen LogP contribution in [0, 0.1) is 46.3 Å². The fourth-order valence-corrected chi connectivity index (χ4v) is 10.6. The Bertz CT molecular complexity index is 1170. The fourth-order valence-electron chi connectivity index (χ4n) is 10.6. The third-order valence-corrected chi connectivity index (χ3v) is 13.9. The van der Waals surface area contributed by atoms with Gasteiger partial charge in [-0.2, -0.15) is 0 Å². The van der Waals surface area contributed by atoms with Gasteiger partial charge in [-0.05, 0) is 145 Å². The second kappa shape index (κ2) is 18.2. The van der Waals surface area contributed by atoms with E-state index in [1.807, 2.05) is 13.8 Å². The number of rotatable bonds is 20. The zero-order valence-electron chi connectivity index (χ0n) is 32.8. The van der Waals surface area contributed by atoms with Crippen molar-refractivity contribution in [3.05, 3.63) is 11.6 Å². The summed E-state index contributed by atoms with van der Waals surface area (Å²) in [7, 11) is 1.72. The standard InChI is InChI=1S/C41H73N5O4/c1-28(2)12-8-9-13-30-16-18-33-32-17-15-31-26-29(19-23-41(31,6)34(32)20-24-40(30,33)5)38(49)46-45-27-50-39(3,4)22-21-36(47)44-25-11-10-14-35(43-7)37(42)48/h15,28-30,32-35,43,45H,8-14,16-27H2,1-7H3,(H2,42,48)(H,44,47)(H,46,49). The predicted molar refractivity (Wildman–Crippen MR) is 201 cm³/mol. The lowest BCUT2D eigenvalue weighted by molar-refractivity contribution is -0.129. The van der Waals surface area contributed by atoms with Crippen molar-refractivity contribution in [2.24, 2.45) is 52.1 Å². The second-order valence-electron chi connectivity index (χ2n) is 18.0. The van der Waals surface area contributed by atoms with Gasteiger partial charge in [-0.3, -0.25) is 19.8 Å². The van der Waals surface area contributed by atoms with Gasteiger partial charge >= 0.3 is 0 Å². The smallest absolute Gasteiger partial charge is 0.237 e. The van der Waals surface area contributed by atoms with Gasteiger partial charge in [0.15, 0.2) is 0 Å². The number of fused-ring (bicyclic) bond motifs is 5. The van der Waals surface area contributed by atoms with Gasteiger partial charge in [-0.25, -0.2) is 5.43 Å². The van der Waals surface area contributed by atoms with Crippen molar-refractivity contribution in [3.8, 4) is 0 Å². The number of unbranched alkanes of at least 4 members (excludes halogenated alkanes) is 2. The topological polar surface area (TPSA) is 135 Å². The van der Waals surface area contributed by atoms with Crippen LogP contribution in [0.4, 0.5) is 0 Å². The number of hydrazine groups is 1. The number of allylic oxidation sites excluding steroid dienone is 2. The number of ether oxygens (including phenoxy) is 1. The Morgan fingerprint density at radius 1 is 1.00 bits per heavy atom. The second-order valence-corrected chi connectivity index (χ2v) is 18.0. The van der Waals surface area contributed by atoms with Crippen molar-refractivity contribution in [1.29, 1.82) is 0 Å². The molecule has 0 aromatic rings. The minimum atomic E-state index is -0.518. The van der Waals surface area contributed by atoms with E-state index >= 15 is 0 Å². The lowest BCUT2D eigenvalue weighted by atomic mass is 9.47. The van der Waals surface area contributed by atoms with Gasteiger partial charge < -0.3 is 21.1 Å². The Labute approximate surface area is 304 Å². The van der Waals surface area contributed by atoms with Gasteiger partial charge in [0, 0.05) is 18.9 Å². The first-order chi connectivity index (χ1) is 23.7. The van der Waals surface area contributed by atoms with Gasteiger partial charge in [0.05, 0.1) is 11.6 Å². The zero-order valence-corrected chi connectivity index (χ0v) is 32.8. The Kier molecular flexibility index (Phi) is 14.8. The Morgan fingerprint density at radius 2 is 1.76 bits per heavy atom. The number of carbonyl (C=O) groups excluding carboxylic acids is 3. The maximum atomic E-state index is 13.3. The maximum absolute atomic E-state index is 13.3. The Hall–Kier alpha value is -1.97. The van der Waals surface area contributed by atoms with Crippen LogP contribution in [-0.4, -0.2) is 49.7 Å². The van der Waals surface area contributed by atoms with E-state index in [1.54, 1.807) is 12.6 Å². The Morgan fingerprint density at radius 3 is 2.48 bits per heavy atom. The first-order valence-electron chi connectivity index (χ1n) is 20.3. The van der Waals surface area contributed by atoms with Crippen LogP contribution in [-0.2, 0) is 19.1 Å². The molecule has 3 amide bonds. The third-order valence-electron chi connectivity index (χ3n) is 13.9. The molecule has 8 unspecified atom stereocenters. The van der Waals surface area contributed by atoms with Gasteiger partial charge in [0.2, 0.25) is 17.7 Å². The van der Waals surface area contributed by atoms with E-state index in [9.17, 15) is 14.4 Å². The number of likely N-dealkylation sites (N-methyl/N-ethyl adjacent to an activating group) is 1. The summed E-state index contributed by atoms with van der Waals surface area (Å²) >= 11 is 0. The molecule has 0 radical (unpaired) electrons. The van der Waals surface area contributed by atoms with Crippen LogP contribution in [0.5, 0.6) is 0 Å². The molecule has 9 nitrogen and oxygen atoms in total. The molecule has 50 heavy (non-hydrogen) atoms. The molecule has 0 aliphatic heterocycles. The van der Waals surface area contributed by atoms with Gasteiger partial charge in [0.1, 0.15) is 6.73 Å². The van der Waals surface area contributed by atoms with Gasteiger partial charge in [0.25, 0.3) is 0 Å². The molecule has 0 aromatic carbocycles. The van der Waals surface area contributed by atoms with Crippen molar-refractivity contribution in [2.75, 3.05) is 20.3 Å². The highest BCUT2D eigenvalue weighted by Crippen LogP contribution is 2.67. The van der Waals surface area contributed by atoms with Crippen LogP contribution in [0.2, 0.25) is 0 Å². The van der Waals surface area contributed by atoms with Crippen LogP contribution in [0.15, 0.2) is 11.6 Å².